The third-order valence-corrected chi connectivity index (χ3v) is 4.61. The topological polar surface area (TPSA) is 57.6 Å². The van der Waals surface area contributed by atoms with Gasteiger partial charge in [-0.05, 0) is 31.5 Å². The molecule has 0 radical (unpaired) electrons. The van der Waals surface area contributed by atoms with E-state index in [4.69, 9.17) is 5.11 Å². The Morgan fingerprint density at radius 1 is 1.38 bits per heavy atom. The van der Waals surface area contributed by atoms with Gasteiger partial charge in [0, 0.05) is 23.2 Å². The zero-order valence-electron chi connectivity index (χ0n) is 11.9. The van der Waals surface area contributed by atoms with Gasteiger partial charge in [-0.2, -0.15) is 0 Å². The highest BCUT2D eigenvalue weighted by molar-refractivity contribution is 7.21. The molecule has 0 aliphatic heterocycles. The Hall–Kier alpha value is -1.95. The van der Waals surface area contributed by atoms with Crippen LogP contribution in [0.5, 0.6) is 0 Å². The SMILES string of the molecule is CCN(CCC(=O)O)C(=O)c1sc2cccc(F)c2c1C. The Kier molecular flexibility index (Phi) is 4.57. The van der Waals surface area contributed by atoms with Gasteiger partial charge in [0.2, 0.25) is 0 Å². The number of nitrogens with zero attached hydrogens (tertiary/aromatic N) is 1. The van der Waals surface area contributed by atoms with E-state index in [-0.39, 0.29) is 24.7 Å². The number of fused-ring (bicyclic) bond motifs is 1. The second-order valence-electron chi connectivity index (χ2n) is 4.70. The molecule has 0 fully saturated rings. The van der Waals surface area contributed by atoms with Crippen molar-refractivity contribution in [3.05, 3.63) is 34.5 Å². The highest BCUT2D eigenvalue weighted by atomic mass is 32.1. The minimum absolute atomic E-state index is 0.0993. The number of aliphatic carboxylic acids is 1. The quantitative estimate of drug-likeness (QED) is 0.922. The van der Waals surface area contributed by atoms with Crippen LogP contribution in [-0.4, -0.2) is 35.0 Å². The van der Waals surface area contributed by atoms with E-state index in [0.717, 1.165) is 4.70 Å². The van der Waals surface area contributed by atoms with Crippen LogP contribution in [0.3, 0.4) is 0 Å². The van der Waals surface area contributed by atoms with Crippen molar-refractivity contribution in [3.63, 3.8) is 0 Å². The summed E-state index contributed by atoms with van der Waals surface area (Å²) >= 11 is 1.25. The molecule has 1 aromatic heterocycles. The van der Waals surface area contributed by atoms with Gasteiger partial charge in [0.25, 0.3) is 5.91 Å². The van der Waals surface area contributed by atoms with E-state index in [2.05, 4.69) is 0 Å². The lowest BCUT2D eigenvalue weighted by atomic mass is 10.1. The maximum Gasteiger partial charge on any atom is 0.305 e. The number of carboxylic acids is 1. The van der Waals surface area contributed by atoms with Gasteiger partial charge in [0.05, 0.1) is 11.3 Å². The van der Waals surface area contributed by atoms with Crippen LogP contribution in [-0.2, 0) is 4.79 Å². The van der Waals surface area contributed by atoms with Crippen molar-refractivity contribution < 1.29 is 19.1 Å². The van der Waals surface area contributed by atoms with Crippen molar-refractivity contribution in [2.75, 3.05) is 13.1 Å². The van der Waals surface area contributed by atoms with Crippen molar-refractivity contribution in [2.24, 2.45) is 0 Å². The number of carbonyl (C=O) groups excluding carboxylic acids is 1. The molecule has 0 saturated carbocycles. The number of aryl methyl sites for hydroxylation is 1. The van der Waals surface area contributed by atoms with E-state index in [9.17, 15) is 14.0 Å². The molecule has 0 aliphatic rings. The average molecular weight is 309 g/mol. The summed E-state index contributed by atoms with van der Waals surface area (Å²) in [6.45, 7) is 4.09. The lowest BCUT2D eigenvalue weighted by molar-refractivity contribution is -0.137. The number of rotatable bonds is 5. The van der Waals surface area contributed by atoms with Gasteiger partial charge >= 0.3 is 5.97 Å². The van der Waals surface area contributed by atoms with Crippen LogP contribution in [0.15, 0.2) is 18.2 Å². The molecule has 112 valence electrons. The Bertz CT molecular complexity index is 696. The molecule has 21 heavy (non-hydrogen) atoms. The van der Waals surface area contributed by atoms with Crippen LogP contribution < -0.4 is 0 Å². The molecule has 0 saturated heterocycles. The second-order valence-corrected chi connectivity index (χ2v) is 5.75. The fourth-order valence-electron chi connectivity index (χ4n) is 2.23. The third-order valence-electron chi connectivity index (χ3n) is 3.36. The maximum atomic E-state index is 13.9. The van der Waals surface area contributed by atoms with Crippen LogP contribution in [0, 0.1) is 12.7 Å². The minimum Gasteiger partial charge on any atom is -0.481 e. The third kappa shape index (κ3) is 3.05. The van der Waals surface area contributed by atoms with Crippen LogP contribution in [0.4, 0.5) is 4.39 Å². The highest BCUT2D eigenvalue weighted by Gasteiger charge is 2.22. The number of hydrogen-bond acceptors (Lipinski definition) is 3. The van der Waals surface area contributed by atoms with Gasteiger partial charge in [0.15, 0.2) is 0 Å². The molecule has 0 bridgehead atoms. The predicted octanol–water partition coefficient (Wildman–Crippen LogP) is 3.29. The summed E-state index contributed by atoms with van der Waals surface area (Å²) in [5.41, 5.74) is 0.617. The number of hydrogen-bond donors (Lipinski definition) is 1. The van der Waals surface area contributed by atoms with E-state index in [1.165, 1.54) is 22.3 Å². The standard InChI is InChI=1S/C15H16FNO3S/c1-3-17(8-7-12(18)19)15(20)14-9(2)13-10(16)5-4-6-11(13)21-14/h4-6H,3,7-8H2,1-2H3,(H,18,19). The summed E-state index contributed by atoms with van der Waals surface area (Å²) in [5.74, 6) is -1.52. The van der Waals surface area contributed by atoms with Gasteiger partial charge in [0.1, 0.15) is 5.82 Å². The fourth-order valence-corrected chi connectivity index (χ4v) is 3.43. The molecule has 4 nitrogen and oxygen atoms in total. The van der Waals surface area contributed by atoms with E-state index in [0.29, 0.717) is 22.4 Å². The van der Waals surface area contributed by atoms with Gasteiger partial charge in [-0.1, -0.05) is 6.07 Å². The van der Waals surface area contributed by atoms with Gasteiger partial charge < -0.3 is 10.0 Å². The molecule has 0 atom stereocenters. The van der Waals surface area contributed by atoms with Crippen LogP contribution >= 0.6 is 11.3 Å². The first-order valence-corrected chi connectivity index (χ1v) is 7.46. The first-order valence-electron chi connectivity index (χ1n) is 6.64. The molecule has 1 heterocycles. The summed E-state index contributed by atoms with van der Waals surface area (Å²) in [5, 5.41) is 9.20. The fraction of sp³-hybridized carbons (Fsp3) is 0.333. The molecule has 0 unspecified atom stereocenters. The summed E-state index contributed by atoms with van der Waals surface area (Å²) in [6, 6.07) is 4.77. The molecule has 1 N–H and O–H groups in total. The number of carbonyl (C=O) groups is 2. The molecule has 1 aromatic carbocycles. The predicted molar refractivity (Wildman–Crippen MR) is 80.4 cm³/mol. The summed E-state index contributed by atoms with van der Waals surface area (Å²) in [6.07, 6.45) is -0.0993. The van der Waals surface area contributed by atoms with E-state index < -0.39 is 5.97 Å². The number of thiophene rings is 1. The molecule has 2 aromatic rings. The Morgan fingerprint density at radius 2 is 2.10 bits per heavy atom. The first-order chi connectivity index (χ1) is 9.95. The average Bonchev–Trinajstić information content (AvgIpc) is 2.77. The second kappa shape index (κ2) is 6.22. The lowest BCUT2D eigenvalue weighted by Gasteiger charge is -2.19. The van der Waals surface area contributed by atoms with Gasteiger partial charge in [-0.15, -0.1) is 11.3 Å². The molecule has 0 aliphatic carbocycles. The molecular weight excluding hydrogens is 293 g/mol. The van der Waals surface area contributed by atoms with Crippen molar-refractivity contribution in [1.82, 2.24) is 4.90 Å². The van der Waals surface area contributed by atoms with E-state index in [1.807, 2.05) is 0 Å². The molecule has 0 spiro atoms. The van der Waals surface area contributed by atoms with Gasteiger partial charge in [-0.3, -0.25) is 9.59 Å². The zero-order chi connectivity index (χ0) is 15.6. The maximum absolute atomic E-state index is 13.9. The Balaban J connectivity index is 2.36. The Morgan fingerprint density at radius 3 is 2.67 bits per heavy atom. The van der Waals surface area contributed by atoms with Crippen molar-refractivity contribution in [1.29, 1.82) is 0 Å². The highest BCUT2D eigenvalue weighted by Crippen LogP contribution is 2.33. The normalized spacial score (nSPS) is 10.8. The molecule has 2 rings (SSSR count). The summed E-state index contributed by atoms with van der Waals surface area (Å²) < 4.78 is 14.6. The number of benzene rings is 1. The van der Waals surface area contributed by atoms with Gasteiger partial charge in [-0.25, -0.2) is 4.39 Å². The van der Waals surface area contributed by atoms with Crippen LogP contribution in [0.1, 0.15) is 28.6 Å². The van der Waals surface area contributed by atoms with E-state index in [1.54, 1.807) is 26.0 Å². The zero-order valence-corrected chi connectivity index (χ0v) is 12.7. The van der Waals surface area contributed by atoms with Crippen molar-refractivity contribution in [2.45, 2.75) is 20.3 Å². The largest absolute Gasteiger partial charge is 0.481 e. The lowest BCUT2D eigenvalue weighted by Crippen LogP contribution is -2.32. The molecule has 6 heteroatoms. The summed E-state index contributed by atoms with van der Waals surface area (Å²) in [7, 11) is 0. The smallest absolute Gasteiger partial charge is 0.305 e. The van der Waals surface area contributed by atoms with Crippen molar-refractivity contribution >= 4 is 33.3 Å². The van der Waals surface area contributed by atoms with E-state index >= 15 is 0 Å². The summed E-state index contributed by atoms with van der Waals surface area (Å²) in [4.78, 5) is 25.1. The Labute approximate surface area is 125 Å². The van der Waals surface area contributed by atoms with Crippen LogP contribution in [0.2, 0.25) is 0 Å². The molecular formula is C15H16FNO3S. The number of halogens is 1. The minimum atomic E-state index is -0.944. The van der Waals surface area contributed by atoms with Crippen molar-refractivity contribution in [3.8, 4) is 0 Å². The van der Waals surface area contributed by atoms with Crippen LogP contribution in [0.25, 0.3) is 10.1 Å². The first kappa shape index (κ1) is 15.4. The monoisotopic (exact) mass is 309 g/mol. The number of amides is 1. The molecule has 1 amide bonds. The number of carboxylic acid groups (broad SMARTS) is 1.